The summed E-state index contributed by atoms with van der Waals surface area (Å²) < 4.78 is 10.3. The first-order chi connectivity index (χ1) is 11.2. The van der Waals surface area contributed by atoms with E-state index < -0.39 is 0 Å². The third kappa shape index (κ3) is 3.89. The molecule has 0 spiro atoms. The van der Waals surface area contributed by atoms with E-state index in [1.165, 1.54) is 11.1 Å². The third-order valence-corrected chi connectivity index (χ3v) is 4.44. The van der Waals surface area contributed by atoms with Crippen molar-refractivity contribution in [1.29, 1.82) is 0 Å². The Morgan fingerprint density at radius 2 is 1.78 bits per heavy atom. The number of rotatable bonds is 5. The summed E-state index contributed by atoms with van der Waals surface area (Å²) in [6.45, 7) is 10.1. The Morgan fingerprint density at radius 3 is 2.30 bits per heavy atom. The van der Waals surface area contributed by atoms with Gasteiger partial charge in [-0.2, -0.15) is 0 Å². The van der Waals surface area contributed by atoms with Crippen LogP contribution < -0.4 is 4.74 Å². The Hall–Kier alpha value is -1.92. The number of hydrogen-bond acceptors (Lipinski definition) is 6. The van der Waals surface area contributed by atoms with E-state index in [0.29, 0.717) is 5.88 Å². The predicted octanol–water partition coefficient (Wildman–Crippen LogP) is 2.01. The largest absolute Gasteiger partial charge is 0.481 e. The Labute approximate surface area is 137 Å². The molecule has 3 rings (SSSR count). The summed E-state index contributed by atoms with van der Waals surface area (Å²) in [5, 5.41) is 4.04. The summed E-state index contributed by atoms with van der Waals surface area (Å²) in [6, 6.07) is 4.01. The zero-order valence-corrected chi connectivity index (χ0v) is 14.1. The van der Waals surface area contributed by atoms with Gasteiger partial charge in [-0.15, -0.1) is 0 Å². The zero-order valence-electron chi connectivity index (χ0n) is 14.1. The van der Waals surface area contributed by atoms with E-state index in [9.17, 15) is 0 Å². The fourth-order valence-corrected chi connectivity index (χ4v) is 2.94. The minimum Gasteiger partial charge on any atom is -0.481 e. The second-order valence-corrected chi connectivity index (χ2v) is 6.06. The van der Waals surface area contributed by atoms with Crippen molar-refractivity contribution < 1.29 is 9.26 Å². The maximum Gasteiger partial charge on any atom is 0.212 e. The third-order valence-electron chi connectivity index (χ3n) is 4.44. The molecule has 0 aliphatic carbocycles. The maximum absolute atomic E-state index is 5.25. The molecule has 0 atom stereocenters. The predicted molar refractivity (Wildman–Crippen MR) is 87.3 cm³/mol. The summed E-state index contributed by atoms with van der Waals surface area (Å²) in [5.41, 5.74) is 3.47. The van der Waals surface area contributed by atoms with Gasteiger partial charge in [0.1, 0.15) is 5.76 Å². The van der Waals surface area contributed by atoms with Crippen molar-refractivity contribution in [1.82, 2.24) is 19.9 Å². The first-order valence-electron chi connectivity index (χ1n) is 8.01. The van der Waals surface area contributed by atoms with Crippen molar-refractivity contribution in [2.24, 2.45) is 0 Å². The van der Waals surface area contributed by atoms with Gasteiger partial charge in [-0.3, -0.25) is 9.80 Å². The molecule has 0 unspecified atom stereocenters. The molecular weight excluding hydrogens is 292 g/mol. The highest BCUT2D eigenvalue weighted by Crippen LogP contribution is 2.17. The highest BCUT2D eigenvalue weighted by Gasteiger charge is 2.20. The number of nitrogens with zero attached hydrogens (tertiary/aromatic N) is 4. The van der Waals surface area contributed by atoms with Gasteiger partial charge in [-0.25, -0.2) is 4.98 Å². The van der Waals surface area contributed by atoms with Gasteiger partial charge in [0, 0.05) is 57.1 Å². The van der Waals surface area contributed by atoms with E-state index in [4.69, 9.17) is 9.26 Å². The van der Waals surface area contributed by atoms with E-state index in [0.717, 1.165) is 50.7 Å². The molecule has 0 saturated carbocycles. The van der Waals surface area contributed by atoms with Gasteiger partial charge in [-0.05, 0) is 19.4 Å². The average molecular weight is 316 g/mol. The lowest BCUT2D eigenvalue weighted by Crippen LogP contribution is -2.45. The van der Waals surface area contributed by atoms with Crippen molar-refractivity contribution in [2.75, 3.05) is 33.3 Å². The molecule has 3 heterocycles. The molecule has 1 fully saturated rings. The minimum atomic E-state index is 0.665. The molecule has 124 valence electrons. The molecule has 6 nitrogen and oxygen atoms in total. The van der Waals surface area contributed by atoms with Gasteiger partial charge in [0.2, 0.25) is 5.88 Å². The zero-order chi connectivity index (χ0) is 16.2. The van der Waals surface area contributed by atoms with Crippen molar-refractivity contribution in [2.45, 2.75) is 26.9 Å². The quantitative estimate of drug-likeness (QED) is 0.841. The van der Waals surface area contributed by atoms with Crippen LogP contribution in [0.15, 0.2) is 22.9 Å². The average Bonchev–Trinajstić information content (AvgIpc) is 2.89. The highest BCUT2D eigenvalue weighted by molar-refractivity contribution is 5.20. The van der Waals surface area contributed by atoms with Crippen LogP contribution in [0.3, 0.4) is 0 Å². The summed E-state index contributed by atoms with van der Waals surface area (Å²) in [7, 11) is 1.64. The van der Waals surface area contributed by atoms with E-state index in [1.807, 2.05) is 26.1 Å². The van der Waals surface area contributed by atoms with Gasteiger partial charge in [0.15, 0.2) is 0 Å². The van der Waals surface area contributed by atoms with Gasteiger partial charge < -0.3 is 9.26 Å². The summed E-state index contributed by atoms with van der Waals surface area (Å²) in [4.78, 5) is 9.20. The normalized spacial score (nSPS) is 16.7. The van der Waals surface area contributed by atoms with Gasteiger partial charge in [0.25, 0.3) is 0 Å². The van der Waals surface area contributed by atoms with Crippen LogP contribution in [0.1, 0.15) is 22.6 Å². The molecule has 6 heteroatoms. The van der Waals surface area contributed by atoms with Crippen molar-refractivity contribution in [3.8, 4) is 5.88 Å². The van der Waals surface area contributed by atoms with E-state index in [-0.39, 0.29) is 0 Å². The Morgan fingerprint density at radius 1 is 1.09 bits per heavy atom. The molecule has 0 amide bonds. The van der Waals surface area contributed by atoms with Gasteiger partial charge >= 0.3 is 0 Å². The SMILES string of the molecule is COc1ccc(CN2CCN(Cc3c(C)noc3C)CC2)cn1. The van der Waals surface area contributed by atoms with E-state index in [2.05, 4.69) is 26.0 Å². The van der Waals surface area contributed by atoms with Gasteiger partial charge in [-0.1, -0.05) is 11.2 Å². The molecule has 1 aliphatic rings. The summed E-state index contributed by atoms with van der Waals surface area (Å²) in [6.07, 6.45) is 1.90. The number of pyridine rings is 1. The Bertz CT molecular complexity index is 611. The van der Waals surface area contributed by atoms with Crippen LogP contribution in [0, 0.1) is 13.8 Å². The second-order valence-electron chi connectivity index (χ2n) is 6.06. The van der Waals surface area contributed by atoms with Crippen LogP contribution in [-0.2, 0) is 13.1 Å². The second kappa shape index (κ2) is 7.10. The van der Waals surface area contributed by atoms with Crippen molar-refractivity contribution >= 4 is 0 Å². The maximum atomic E-state index is 5.25. The number of aromatic nitrogens is 2. The molecule has 0 aromatic carbocycles. The molecule has 1 saturated heterocycles. The molecule has 0 N–H and O–H groups in total. The van der Waals surface area contributed by atoms with Crippen LogP contribution in [-0.4, -0.2) is 53.2 Å². The first-order valence-corrected chi connectivity index (χ1v) is 8.01. The molecule has 1 aliphatic heterocycles. The van der Waals surface area contributed by atoms with Crippen LogP contribution in [0.4, 0.5) is 0 Å². The number of piperazine rings is 1. The van der Waals surface area contributed by atoms with Gasteiger partial charge in [0.05, 0.1) is 12.8 Å². The highest BCUT2D eigenvalue weighted by atomic mass is 16.5. The van der Waals surface area contributed by atoms with E-state index >= 15 is 0 Å². The number of hydrogen-bond donors (Lipinski definition) is 0. The van der Waals surface area contributed by atoms with Crippen molar-refractivity contribution in [3.05, 3.63) is 40.9 Å². The molecule has 2 aromatic heterocycles. The summed E-state index contributed by atoms with van der Waals surface area (Å²) >= 11 is 0. The lowest BCUT2D eigenvalue weighted by Gasteiger charge is -2.34. The Balaban J connectivity index is 1.50. The number of ether oxygens (including phenoxy) is 1. The molecule has 0 radical (unpaired) electrons. The van der Waals surface area contributed by atoms with E-state index in [1.54, 1.807) is 7.11 Å². The lowest BCUT2D eigenvalue weighted by molar-refractivity contribution is 0.121. The minimum absolute atomic E-state index is 0.665. The monoisotopic (exact) mass is 316 g/mol. The topological polar surface area (TPSA) is 54.6 Å². The standard InChI is InChI=1S/C17H24N4O2/c1-13-16(14(2)23-19-13)12-21-8-6-20(7-9-21)11-15-4-5-17(22-3)18-10-15/h4-5,10H,6-9,11-12H2,1-3H3. The lowest BCUT2D eigenvalue weighted by atomic mass is 10.1. The number of aryl methyl sites for hydroxylation is 2. The smallest absolute Gasteiger partial charge is 0.212 e. The summed E-state index contributed by atoms with van der Waals surface area (Å²) in [5.74, 6) is 1.60. The molecular formula is C17H24N4O2. The van der Waals surface area contributed by atoms with Crippen LogP contribution in [0.5, 0.6) is 5.88 Å². The molecule has 2 aromatic rings. The molecule has 23 heavy (non-hydrogen) atoms. The first kappa shape index (κ1) is 16.0. The van der Waals surface area contributed by atoms with Crippen LogP contribution in [0.2, 0.25) is 0 Å². The number of methoxy groups -OCH3 is 1. The fraction of sp³-hybridized carbons (Fsp3) is 0.529. The Kier molecular flexibility index (Phi) is 4.93. The molecule has 0 bridgehead atoms. The fourth-order valence-electron chi connectivity index (χ4n) is 2.94. The van der Waals surface area contributed by atoms with Crippen LogP contribution >= 0.6 is 0 Å². The van der Waals surface area contributed by atoms with Crippen molar-refractivity contribution in [3.63, 3.8) is 0 Å². The van der Waals surface area contributed by atoms with Crippen LogP contribution in [0.25, 0.3) is 0 Å².